The molecule has 0 fully saturated rings. The zero-order valence-electron chi connectivity index (χ0n) is 25.0. The van der Waals surface area contributed by atoms with Gasteiger partial charge in [-0.1, -0.05) is 58.6 Å². The van der Waals surface area contributed by atoms with Crippen LogP contribution in [-0.2, 0) is 14.3 Å². The number of carbonyl (C=O) groups is 3. The van der Waals surface area contributed by atoms with E-state index in [9.17, 15) is 19.5 Å². The van der Waals surface area contributed by atoms with Crippen molar-refractivity contribution >= 4 is 17.9 Å². The van der Waals surface area contributed by atoms with Crippen LogP contribution in [0.15, 0.2) is 24.3 Å². The lowest BCUT2D eigenvalue weighted by Gasteiger charge is -2.36. The molecular weight excluding hydrogens is 482 g/mol. The zero-order chi connectivity index (χ0) is 29.1. The van der Waals surface area contributed by atoms with Crippen LogP contribution < -0.4 is 10.6 Å². The summed E-state index contributed by atoms with van der Waals surface area (Å²) in [5.41, 5.74) is -0.742. The van der Waals surface area contributed by atoms with Crippen LogP contribution in [0.1, 0.15) is 112 Å². The Labute approximate surface area is 229 Å². The fourth-order valence-corrected chi connectivity index (χ4v) is 4.20. The number of ether oxygens (including phenoxy) is 1. The molecule has 8 heteroatoms. The summed E-state index contributed by atoms with van der Waals surface area (Å²) in [6.45, 7) is 17.4. The molecule has 0 saturated carbocycles. The van der Waals surface area contributed by atoms with Crippen LogP contribution in [0, 0.1) is 5.92 Å². The second kappa shape index (κ2) is 15.0. The number of hydrogen-bond acceptors (Lipinski definition) is 5. The maximum absolute atomic E-state index is 14.2. The van der Waals surface area contributed by atoms with Gasteiger partial charge in [-0.15, -0.1) is 0 Å². The van der Waals surface area contributed by atoms with Gasteiger partial charge in [-0.3, -0.25) is 9.59 Å². The lowest BCUT2D eigenvalue weighted by molar-refractivity contribution is -0.143. The third kappa shape index (κ3) is 12.7. The summed E-state index contributed by atoms with van der Waals surface area (Å²) in [7, 11) is 0. The second-order valence-corrected chi connectivity index (χ2v) is 12.5. The molecule has 1 aromatic rings. The summed E-state index contributed by atoms with van der Waals surface area (Å²) in [6.07, 6.45) is 4.58. The number of nitrogens with zero attached hydrogens (tertiary/aromatic N) is 1. The van der Waals surface area contributed by atoms with E-state index < -0.39 is 29.3 Å². The monoisotopic (exact) mass is 533 g/mol. The van der Waals surface area contributed by atoms with Gasteiger partial charge in [0.2, 0.25) is 11.8 Å². The molecule has 0 spiro atoms. The lowest BCUT2D eigenvalue weighted by Crippen LogP contribution is -2.55. The maximum atomic E-state index is 14.2. The third-order valence-electron chi connectivity index (χ3n) is 5.73. The van der Waals surface area contributed by atoms with Crippen molar-refractivity contribution in [3.05, 3.63) is 29.8 Å². The van der Waals surface area contributed by atoms with E-state index in [-0.39, 0.29) is 23.5 Å². The minimum Gasteiger partial charge on any atom is -0.508 e. The van der Waals surface area contributed by atoms with Gasteiger partial charge in [-0.25, -0.2) is 4.79 Å². The number of rotatable bonds is 13. The normalized spacial score (nSPS) is 13.5. The molecule has 0 aliphatic heterocycles. The van der Waals surface area contributed by atoms with Gasteiger partial charge < -0.3 is 25.4 Å². The molecule has 0 bridgehead atoms. The minimum absolute atomic E-state index is 0.0111. The van der Waals surface area contributed by atoms with Crippen molar-refractivity contribution in [3.63, 3.8) is 0 Å². The molecule has 0 aliphatic carbocycles. The Hall–Kier alpha value is -2.77. The highest BCUT2D eigenvalue weighted by Crippen LogP contribution is 2.28. The van der Waals surface area contributed by atoms with E-state index in [4.69, 9.17) is 4.74 Å². The highest BCUT2D eigenvalue weighted by molar-refractivity contribution is 5.92. The average molecular weight is 534 g/mol. The molecule has 2 atom stereocenters. The first-order valence-corrected chi connectivity index (χ1v) is 13.9. The van der Waals surface area contributed by atoms with Crippen LogP contribution in [0.2, 0.25) is 0 Å². The smallest absolute Gasteiger partial charge is 0.408 e. The van der Waals surface area contributed by atoms with Crippen molar-refractivity contribution in [3.8, 4) is 5.75 Å². The maximum Gasteiger partial charge on any atom is 0.408 e. The van der Waals surface area contributed by atoms with Crippen LogP contribution in [0.4, 0.5) is 4.79 Å². The molecular formula is C30H51N3O5. The summed E-state index contributed by atoms with van der Waals surface area (Å²) >= 11 is 0. The molecule has 216 valence electrons. The molecule has 0 aromatic heterocycles. The molecule has 2 unspecified atom stereocenters. The highest BCUT2D eigenvalue weighted by Gasteiger charge is 2.37. The predicted molar refractivity (Wildman–Crippen MR) is 152 cm³/mol. The molecule has 0 aliphatic rings. The van der Waals surface area contributed by atoms with Crippen LogP contribution >= 0.6 is 0 Å². The largest absolute Gasteiger partial charge is 0.508 e. The molecule has 0 heterocycles. The average Bonchev–Trinajstić information content (AvgIpc) is 2.74. The van der Waals surface area contributed by atoms with Gasteiger partial charge in [0, 0.05) is 12.1 Å². The first-order chi connectivity index (χ1) is 17.5. The van der Waals surface area contributed by atoms with Gasteiger partial charge in [0.15, 0.2) is 0 Å². The molecule has 3 N–H and O–H groups in total. The molecule has 3 amide bonds. The summed E-state index contributed by atoms with van der Waals surface area (Å²) in [6, 6.07) is 4.60. The van der Waals surface area contributed by atoms with Crippen LogP contribution in [0.3, 0.4) is 0 Å². The summed E-state index contributed by atoms with van der Waals surface area (Å²) in [5.74, 6) is -0.576. The Bertz CT molecular complexity index is 902. The van der Waals surface area contributed by atoms with E-state index in [1.807, 2.05) is 34.6 Å². The van der Waals surface area contributed by atoms with Crippen molar-refractivity contribution in [2.75, 3.05) is 6.54 Å². The van der Waals surface area contributed by atoms with E-state index in [1.165, 1.54) is 12.1 Å². The number of benzene rings is 1. The summed E-state index contributed by atoms with van der Waals surface area (Å²) in [5, 5.41) is 16.0. The molecule has 1 aromatic carbocycles. The van der Waals surface area contributed by atoms with Crippen molar-refractivity contribution < 1.29 is 24.2 Å². The lowest BCUT2D eigenvalue weighted by atomic mass is 9.97. The zero-order valence-corrected chi connectivity index (χ0v) is 25.0. The number of unbranched alkanes of at least 4 members (excludes halogenated alkanes) is 4. The Balaban J connectivity index is 3.50. The van der Waals surface area contributed by atoms with E-state index >= 15 is 0 Å². The van der Waals surface area contributed by atoms with Crippen LogP contribution in [0.25, 0.3) is 0 Å². The second-order valence-electron chi connectivity index (χ2n) is 12.5. The van der Waals surface area contributed by atoms with Crippen molar-refractivity contribution in [1.29, 1.82) is 0 Å². The number of nitrogens with one attached hydrogen (secondary N) is 2. The van der Waals surface area contributed by atoms with E-state index in [1.54, 1.807) is 37.8 Å². The van der Waals surface area contributed by atoms with E-state index in [0.29, 0.717) is 24.9 Å². The fourth-order valence-electron chi connectivity index (χ4n) is 4.20. The van der Waals surface area contributed by atoms with E-state index in [2.05, 4.69) is 17.6 Å². The topological polar surface area (TPSA) is 108 Å². The quantitative estimate of drug-likeness (QED) is 0.266. The fraction of sp³-hybridized carbons (Fsp3) is 0.700. The van der Waals surface area contributed by atoms with Gasteiger partial charge >= 0.3 is 6.09 Å². The minimum atomic E-state index is -0.977. The van der Waals surface area contributed by atoms with Gasteiger partial charge in [0.05, 0.1) is 0 Å². The molecule has 0 radical (unpaired) electrons. The first-order valence-electron chi connectivity index (χ1n) is 13.9. The molecule has 0 saturated heterocycles. The molecule has 8 nitrogen and oxygen atoms in total. The van der Waals surface area contributed by atoms with Gasteiger partial charge in [0.25, 0.3) is 0 Å². The van der Waals surface area contributed by atoms with Gasteiger partial charge in [0.1, 0.15) is 23.4 Å². The van der Waals surface area contributed by atoms with Gasteiger partial charge in [-0.05, 0) is 78.0 Å². The molecule has 38 heavy (non-hydrogen) atoms. The number of phenols is 1. The van der Waals surface area contributed by atoms with Crippen molar-refractivity contribution in [2.24, 2.45) is 5.92 Å². The standard InChI is InChI=1S/C30H51N3O5/c1-10-11-12-13-14-18-33(27(36)24(19-21(2)3)31-28(37)38-30(7,8)9)25(26(35)32-29(4,5)6)22-16-15-17-23(34)20-22/h15-17,20-21,24-25,34H,10-14,18-19H2,1-9H3,(H,31,37)(H,32,35). The number of hydrogen-bond donors (Lipinski definition) is 3. The van der Waals surface area contributed by atoms with E-state index in [0.717, 1.165) is 25.7 Å². The summed E-state index contributed by atoms with van der Waals surface area (Å²) in [4.78, 5) is 42.2. The summed E-state index contributed by atoms with van der Waals surface area (Å²) < 4.78 is 5.45. The van der Waals surface area contributed by atoms with Crippen molar-refractivity contribution in [1.82, 2.24) is 15.5 Å². The highest BCUT2D eigenvalue weighted by atomic mass is 16.6. The number of amides is 3. The Kier molecular flexibility index (Phi) is 13.1. The Morgan fingerprint density at radius 3 is 2.16 bits per heavy atom. The Morgan fingerprint density at radius 2 is 1.63 bits per heavy atom. The van der Waals surface area contributed by atoms with Crippen LogP contribution in [0.5, 0.6) is 5.75 Å². The first kappa shape index (κ1) is 33.3. The number of aromatic hydroxyl groups is 1. The van der Waals surface area contributed by atoms with Crippen LogP contribution in [-0.4, -0.2) is 51.6 Å². The SMILES string of the molecule is CCCCCCCN(C(=O)C(CC(C)C)NC(=O)OC(C)(C)C)C(C(=O)NC(C)(C)C)c1cccc(O)c1. The number of phenolic OH excluding ortho intramolecular Hbond substituents is 1. The Morgan fingerprint density at radius 1 is 1.00 bits per heavy atom. The third-order valence-corrected chi connectivity index (χ3v) is 5.73. The van der Waals surface area contributed by atoms with Crippen molar-refractivity contribution in [2.45, 2.75) is 124 Å². The van der Waals surface area contributed by atoms with Gasteiger partial charge in [-0.2, -0.15) is 0 Å². The number of carbonyl (C=O) groups excluding carboxylic acids is 3. The predicted octanol–water partition coefficient (Wildman–Crippen LogP) is 6.09. The molecule has 1 rings (SSSR count). The number of alkyl carbamates (subject to hydrolysis) is 1.